The largest absolute Gasteiger partial charge is 0.340 e. The van der Waals surface area contributed by atoms with E-state index in [0.29, 0.717) is 41.8 Å². The SMILES string of the molecule is Cn1c(=O)[nH]c(=O)c2c1nc(N1CCN(C(c3ccccc3)c3ccccc3)CC1)n2Cc1ccccc1Cl. The molecule has 0 radical (unpaired) electrons. The van der Waals surface area contributed by atoms with E-state index in [2.05, 4.69) is 63.3 Å². The molecule has 0 unspecified atom stereocenters. The minimum absolute atomic E-state index is 0.139. The first-order chi connectivity index (χ1) is 19.0. The van der Waals surface area contributed by atoms with Crippen molar-refractivity contribution in [1.29, 1.82) is 0 Å². The summed E-state index contributed by atoms with van der Waals surface area (Å²) in [5.41, 5.74) is 3.17. The topological polar surface area (TPSA) is 79.2 Å². The second kappa shape index (κ2) is 10.6. The molecule has 3 heterocycles. The highest BCUT2D eigenvalue weighted by Crippen LogP contribution is 2.31. The monoisotopic (exact) mass is 540 g/mol. The average molecular weight is 541 g/mol. The molecule has 1 saturated heterocycles. The van der Waals surface area contributed by atoms with Gasteiger partial charge in [0.2, 0.25) is 5.95 Å². The summed E-state index contributed by atoms with van der Waals surface area (Å²) < 4.78 is 3.27. The highest BCUT2D eigenvalue weighted by atomic mass is 35.5. The van der Waals surface area contributed by atoms with Gasteiger partial charge in [0, 0.05) is 38.2 Å². The van der Waals surface area contributed by atoms with Gasteiger partial charge in [0.15, 0.2) is 11.2 Å². The molecule has 9 heteroatoms. The Labute approximate surface area is 230 Å². The molecule has 0 amide bonds. The van der Waals surface area contributed by atoms with Crippen LogP contribution in [-0.4, -0.2) is 50.2 Å². The van der Waals surface area contributed by atoms with Gasteiger partial charge in [-0.3, -0.25) is 23.8 Å². The maximum Gasteiger partial charge on any atom is 0.329 e. The Morgan fingerprint density at radius 1 is 0.846 bits per heavy atom. The minimum atomic E-state index is -0.486. The molecule has 2 aromatic heterocycles. The van der Waals surface area contributed by atoms with E-state index in [-0.39, 0.29) is 6.04 Å². The molecule has 6 rings (SSSR count). The van der Waals surface area contributed by atoms with Crippen molar-refractivity contribution in [1.82, 2.24) is 24.0 Å². The number of aryl methyl sites for hydroxylation is 1. The third kappa shape index (κ3) is 4.77. The highest BCUT2D eigenvalue weighted by Gasteiger charge is 2.29. The van der Waals surface area contributed by atoms with Crippen molar-refractivity contribution in [2.24, 2.45) is 7.05 Å². The van der Waals surface area contributed by atoms with Crippen LogP contribution in [0.25, 0.3) is 11.2 Å². The van der Waals surface area contributed by atoms with Crippen LogP contribution in [-0.2, 0) is 13.6 Å². The molecule has 3 aromatic carbocycles. The van der Waals surface area contributed by atoms with Crippen LogP contribution in [0.4, 0.5) is 5.95 Å². The number of hydrogen-bond donors (Lipinski definition) is 1. The van der Waals surface area contributed by atoms with Gasteiger partial charge in [0.25, 0.3) is 5.56 Å². The van der Waals surface area contributed by atoms with Gasteiger partial charge in [-0.25, -0.2) is 4.79 Å². The molecular weight excluding hydrogens is 512 g/mol. The molecule has 0 atom stereocenters. The third-order valence-corrected chi connectivity index (χ3v) is 7.83. The zero-order valence-electron chi connectivity index (χ0n) is 21.6. The number of H-pyrrole nitrogens is 1. The molecule has 1 N–H and O–H groups in total. The van der Waals surface area contributed by atoms with Gasteiger partial charge in [-0.05, 0) is 22.8 Å². The number of anilines is 1. The van der Waals surface area contributed by atoms with E-state index in [9.17, 15) is 9.59 Å². The second-order valence-corrected chi connectivity index (χ2v) is 10.2. The number of rotatable bonds is 6. The lowest BCUT2D eigenvalue weighted by molar-refractivity contribution is 0.211. The number of aromatic nitrogens is 4. The first-order valence-corrected chi connectivity index (χ1v) is 13.4. The Balaban J connectivity index is 1.36. The van der Waals surface area contributed by atoms with Gasteiger partial charge < -0.3 is 4.90 Å². The molecule has 1 fully saturated rings. The van der Waals surface area contributed by atoms with Crippen molar-refractivity contribution in [2.45, 2.75) is 12.6 Å². The molecule has 0 spiro atoms. The lowest BCUT2D eigenvalue weighted by Crippen LogP contribution is -2.48. The normalized spacial score (nSPS) is 14.4. The van der Waals surface area contributed by atoms with E-state index in [0.717, 1.165) is 18.7 Å². The Morgan fingerprint density at radius 2 is 1.44 bits per heavy atom. The molecule has 8 nitrogen and oxygen atoms in total. The fourth-order valence-electron chi connectivity index (χ4n) is 5.48. The first kappa shape index (κ1) is 25.2. The molecule has 39 heavy (non-hydrogen) atoms. The number of benzene rings is 3. The summed E-state index contributed by atoms with van der Waals surface area (Å²) in [6.07, 6.45) is 0. The average Bonchev–Trinajstić information content (AvgIpc) is 3.35. The van der Waals surface area contributed by atoms with Gasteiger partial charge in [0.05, 0.1) is 12.6 Å². The van der Waals surface area contributed by atoms with Gasteiger partial charge in [-0.15, -0.1) is 0 Å². The fraction of sp³-hybridized carbons (Fsp3) is 0.233. The lowest BCUT2D eigenvalue weighted by Gasteiger charge is -2.40. The molecule has 0 bridgehead atoms. The Hall–Kier alpha value is -4.14. The van der Waals surface area contributed by atoms with Crippen molar-refractivity contribution in [2.75, 3.05) is 31.1 Å². The number of nitrogens with zero attached hydrogens (tertiary/aromatic N) is 5. The number of nitrogens with one attached hydrogen (secondary N) is 1. The Morgan fingerprint density at radius 3 is 2.05 bits per heavy atom. The van der Waals surface area contributed by atoms with Crippen molar-refractivity contribution in [3.8, 4) is 0 Å². The maximum absolute atomic E-state index is 13.0. The first-order valence-electron chi connectivity index (χ1n) is 13.0. The number of halogens is 1. The quantitative estimate of drug-likeness (QED) is 0.352. The van der Waals surface area contributed by atoms with E-state index in [1.54, 1.807) is 7.05 Å². The molecule has 0 saturated carbocycles. The maximum atomic E-state index is 13.0. The van der Waals surface area contributed by atoms with Gasteiger partial charge >= 0.3 is 5.69 Å². The minimum Gasteiger partial charge on any atom is -0.340 e. The molecule has 1 aliphatic rings. The fourth-order valence-corrected chi connectivity index (χ4v) is 5.67. The van der Waals surface area contributed by atoms with Crippen LogP contribution < -0.4 is 16.1 Å². The van der Waals surface area contributed by atoms with Crippen LogP contribution in [0.3, 0.4) is 0 Å². The molecule has 5 aromatic rings. The number of hydrogen-bond acceptors (Lipinski definition) is 5. The molecule has 0 aliphatic carbocycles. The highest BCUT2D eigenvalue weighted by molar-refractivity contribution is 6.31. The van der Waals surface area contributed by atoms with E-state index in [1.807, 2.05) is 41.0 Å². The van der Waals surface area contributed by atoms with E-state index < -0.39 is 11.2 Å². The van der Waals surface area contributed by atoms with Crippen LogP contribution in [0.5, 0.6) is 0 Å². The van der Waals surface area contributed by atoms with E-state index >= 15 is 0 Å². The van der Waals surface area contributed by atoms with Crippen LogP contribution >= 0.6 is 11.6 Å². The van der Waals surface area contributed by atoms with Crippen LogP contribution in [0.15, 0.2) is 94.5 Å². The summed E-state index contributed by atoms with van der Waals surface area (Å²) in [6, 6.07) is 28.9. The van der Waals surface area contributed by atoms with Crippen LogP contribution in [0, 0.1) is 0 Å². The summed E-state index contributed by atoms with van der Waals surface area (Å²) in [5, 5.41) is 0.616. The summed E-state index contributed by atoms with van der Waals surface area (Å²) in [7, 11) is 1.62. The summed E-state index contributed by atoms with van der Waals surface area (Å²) in [5.74, 6) is 0.659. The van der Waals surface area contributed by atoms with Crippen LogP contribution in [0.2, 0.25) is 5.02 Å². The molecule has 198 valence electrons. The van der Waals surface area contributed by atoms with Crippen molar-refractivity contribution >= 4 is 28.7 Å². The van der Waals surface area contributed by atoms with Gasteiger partial charge in [-0.1, -0.05) is 90.5 Å². The van der Waals surface area contributed by atoms with Crippen molar-refractivity contribution < 1.29 is 0 Å². The van der Waals surface area contributed by atoms with Crippen molar-refractivity contribution in [3.63, 3.8) is 0 Å². The molecule has 1 aliphatic heterocycles. The van der Waals surface area contributed by atoms with Crippen LogP contribution in [0.1, 0.15) is 22.7 Å². The van der Waals surface area contributed by atoms with Gasteiger partial charge in [-0.2, -0.15) is 4.98 Å². The number of piperazine rings is 1. The third-order valence-electron chi connectivity index (χ3n) is 7.47. The summed E-state index contributed by atoms with van der Waals surface area (Å²) >= 11 is 6.50. The lowest BCUT2D eigenvalue weighted by atomic mass is 9.96. The van der Waals surface area contributed by atoms with Gasteiger partial charge in [0.1, 0.15) is 0 Å². The van der Waals surface area contributed by atoms with E-state index in [1.165, 1.54) is 15.7 Å². The smallest absolute Gasteiger partial charge is 0.329 e. The Kier molecular flexibility index (Phi) is 6.81. The summed E-state index contributed by atoms with van der Waals surface area (Å²) in [4.78, 5) is 37.3. The predicted molar refractivity (Wildman–Crippen MR) is 155 cm³/mol. The van der Waals surface area contributed by atoms with E-state index in [4.69, 9.17) is 16.6 Å². The summed E-state index contributed by atoms with van der Waals surface area (Å²) in [6.45, 7) is 3.41. The molecular formula is C30H29ClN6O2. The number of aromatic amines is 1. The zero-order valence-corrected chi connectivity index (χ0v) is 22.4. The zero-order chi connectivity index (χ0) is 26.9. The second-order valence-electron chi connectivity index (χ2n) is 9.83. The number of fused-ring (bicyclic) bond motifs is 1. The standard InChI is InChI=1S/C30H29ClN6O2/c1-34-27-26(28(38)33-30(34)39)37(20-23-14-8-9-15-24(23)31)29(32-27)36-18-16-35(17-19-36)25(21-10-4-2-5-11-21)22-12-6-3-7-13-22/h2-15,25H,16-20H2,1H3,(H,33,38,39). The number of imidazole rings is 1. The Bertz CT molecular complexity index is 1680. The predicted octanol–water partition coefficient (Wildman–Crippen LogP) is 4.04. The van der Waals surface area contributed by atoms with Crippen molar-refractivity contribution in [3.05, 3.63) is 127 Å².